The van der Waals surface area contributed by atoms with E-state index in [1.807, 2.05) is 24.8 Å². The highest BCUT2D eigenvalue weighted by atomic mass is 32.2. The fourth-order valence-electron chi connectivity index (χ4n) is 1.89. The van der Waals surface area contributed by atoms with Gasteiger partial charge in [0.1, 0.15) is 5.82 Å². The molecule has 0 aliphatic heterocycles. The van der Waals surface area contributed by atoms with E-state index >= 15 is 0 Å². The summed E-state index contributed by atoms with van der Waals surface area (Å²) in [5.41, 5.74) is 2.29. The highest BCUT2D eigenvalue weighted by molar-refractivity contribution is 7.98. The molecule has 0 amide bonds. The lowest BCUT2D eigenvalue weighted by Crippen LogP contribution is -2.34. The maximum Gasteiger partial charge on any atom is 0.123 e. The summed E-state index contributed by atoms with van der Waals surface area (Å²) in [6.45, 7) is 5.20. The van der Waals surface area contributed by atoms with Gasteiger partial charge in [0.25, 0.3) is 0 Å². The van der Waals surface area contributed by atoms with Gasteiger partial charge in [0.15, 0.2) is 0 Å². The molecule has 1 unspecified atom stereocenters. The third-order valence-electron chi connectivity index (χ3n) is 2.82. The van der Waals surface area contributed by atoms with Crippen molar-refractivity contribution in [1.82, 2.24) is 5.32 Å². The first-order valence-corrected chi connectivity index (χ1v) is 7.54. The van der Waals surface area contributed by atoms with E-state index in [9.17, 15) is 4.39 Å². The van der Waals surface area contributed by atoms with Crippen LogP contribution in [0.2, 0.25) is 0 Å². The number of thioether (sulfide) groups is 1. The second-order valence-electron chi connectivity index (χ2n) is 4.38. The van der Waals surface area contributed by atoms with Gasteiger partial charge in [0, 0.05) is 11.8 Å². The zero-order valence-corrected chi connectivity index (χ0v) is 11.7. The minimum absolute atomic E-state index is 0.144. The van der Waals surface area contributed by atoms with E-state index in [4.69, 9.17) is 0 Å². The van der Waals surface area contributed by atoms with E-state index in [0.29, 0.717) is 6.04 Å². The molecule has 0 heterocycles. The molecule has 0 fully saturated rings. The molecule has 1 N–H and O–H groups in total. The van der Waals surface area contributed by atoms with Gasteiger partial charge in [0.2, 0.25) is 0 Å². The molecule has 3 heteroatoms. The third-order valence-corrected chi connectivity index (χ3v) is 3.56. The summed E-state index contributed by atoms with van der Waals surface area (Å²) in [4.78, 5) is 0. The van der Waals surface area contributed by atoms with Gasteiger partial charge in [-0.2, -0.15) is 11.8 Å². The minimum Gasteiger partial charge on any atom is -0.313 e. The molecular weight excluding hydrogens is 233 g/mol. The molecule has 0 saturated carbocycles. The molecular formula is C14H22FNS. The highest BCUT2D eigenvalue weighted by Gasteiger charge is 2.10. The Labute approximate surface area is 108 Å². The standard InChI is InChI=1S/C14H22FNS/c1-4-7-16-14(10-17-3)9-12-5-6-13(15)8-11(12)2/h5-6,8,14,16H,4,7,9-10H2,1-3H3. The zero-order chi connectivity index (χ0) is 12.7. The molecule has 0 aromatic heterocycles. The van der Waals surface area contributed by atoms with Gasteiger partial charge in [-0.3, -0.25) is 0 Å². The van der Waals surface area contributed by atoms with Crippen LogP contribution in [-0.2, 0) is 6.42 Å². The summed E-state index contributed by atoms with van der Waals surface area (Å²) in [6, 6.07) is 5.56. The molecule has 0 saturated heterocycles. The van der Waals surface area contributed by atoms with Crippen molar-refractivity contribution in [2.75, 3.05) is 18.6 Å². The van der Waals surface area contributed by atoms with Crippen LogP contribution in [0.25, 0.3) is 0 Å². The second-order valence-corrected chi connectivity index (χ2v) is 5.29. The number of hydrogen-bond acceptors (Lipinski definition) is 2. The maximum absolute atomic E-state index is 13.0. The molecule has 1 aromatic carbocycles. The first kappa shape index (κ1) is 14.5. The van der Waals surface area contributed by atoms with Gasteiger partial charge in [-0.05, 0) is 55.8 Å². The lowest BCUT2D eigenvalue weighted by Gasteiger charge is -2.18. The number of benzene rings is 1. The average molecular weight is 255 g/mol. The summed E-state index contributed by atoms with van der Waals surface area (Å²) in [7, 11) is 0. The number of hydrogen-bond donors (Lipinski definition) is 1. The van der Waals surface area contributed by atoms with E-state index in [1.54, 1.807) is 12.1 Å². The third kappa shape index (κ3) is 5.09. The second kappa shape index (κ2) is 7.72. The molecule has 0 aliphatic carbocycles. The van der Waals surface area contributed by atoms with Crippen LogP contribution in [0.5, 0.6) is 0 Å². The molecule has 0 bridgehead atoms. The fraction of sp³-hybridized carbons (Fsp3) is 0.571. The Morgan fingerprint density at radius 2 is 2.18 bits per heavy atom. The smallest absolute Gasteiger partial charge is 0.123 e. The number of aryl methyl sites for hydroxylation is 1. The number of halogens is 1. The van der Waals surface area contributed by atoms with E-state index in [0.717, 1.165) is 30.7 Å². The summed E-state index contributed by atoms with van der Waals surface area (Å²) < 4.78 is 13.0. The summed E-state index contributed by atoms with van der Waals surface area (Å²) in [5.74, 6) is 0.950. The fourth-order valence-corrected chi connectivity index (χ4v) is 2.53. The zero-order valence-electron chi connectivity index (χ0n) is 10.9. The molecule has 1 aromatic rings. The van der Waals surface area contributed by atoms with Crippen LogP contribution >= 0.6 is 11.8 Å². The van der Waals surface area contributed by atoms with E-state index in [2.05, 4.69) is 18.5 Å². The summed E-state index contributed by atoms with van der Waals surface area (Å²) in [5, 5.41) is 3.55. The van der Waals surface area contributed by atoms with Gasteiger partial charge >= 0.3 is 0 Å². The van der Waals surface area contributed by atoms with Crippen molar-refractivity contribution in [3.63, 3.8) is 0 Å². The van der Waals surface area contributed by atoms with E-state index in [1.165, 1.54) is 5.56 Å². The Kier molecular flexibility index (Phi) is 6.60. The summed E-state index contributed by atoms with van der Waals surface area (Å²) in [6.07, 6.45) is 4.25. The van der Waals surface area contributed by atoms with Crippen LogP contribution < -0.4 is 5.32 Å². The monoisotopic (exact) mass is 255 g/mol. The topological polar surface area (TPSA) is 12.0 Å². The molecule has 1 atom stereocenters. The molecule has 0 radical (unpaired) electrons. The lowest BCUT2D eigenvalue weighted by atomic mass is 10.0. The molecule has 1 nitrogen and oxygen atoms in total. The average Bonchev–Trinajstić information content (AvgIpc) is 2.29. The molecule has 0 spiro atoms. The molecule has 96 valence electrons. The number of rotatable bonds is 7. The quantitative estimate of drug-likeness (QED) is 0.801. The van der Waals surface area contributed by atoms with Crippen molar-refractivity contribution in [3.05, 3.63) is 35.1 Å². The lowest BCUT2D eigenvalue weighted by molar-refractivity contribution is 0.548. The Balaban J connectivity index is 2.64. The van der Waals surface area contributed by atoms with Crippen molar-refractivity contribution < 1.29 is 4.39 Å². The first-order chi connectivity index (χ1) is 8.17. The van der Waals surface area contributed by atoms with Gasteiger partial charge in [-0.15, -0.1) is 0 Å². The Bertz CT molecular complexity index is 341. The SMILES string of the molecule is CCCNC(CSC)Cc1ccc(F)cc1C. The number of nitrogens with one attached hydrogen (secondary N) is 1. The predicted octanol–water partition coefficient (Wildman–Crippen LogP) is 3.41. The van der Waals surface area contributed by atoms with E-state index in [-0.39, 0.29) is 5.82 Å². The molecule has 1 rings (SSSR count). The van der Waals surface area contributed by atoms with Crippen molar-refractivity contribution >= 4 is 11.8 Å². The van der Waals surface area contributed by atoms with Crippen LogP contribution in [0.1, 0.15) is 24.5 Å². The largest absolute Gasteiger partial charge is 0.313 e. The van der Waals surface area contributed by atoms with Crippen molar-refractivity contribution in [2.24, 2.45) is 0 Å². The predicted molar refractivity (Wildman–Crippen MR) is 75.3 cm³/mol. The van der Waals surface area contributed by atoms with E-state index < -0.39 is 0 Å². The Morgan fingerprint density at radius 3 is 2.76 bits per heavy atom. The van der Waals surface area contributed by atoms with Crippen molar-refractivity contribution in [3.8, 4) is 0 Å². The normalized spacial score (nSPS) is 12.7. The van der Waals surface area contributed by atoms with Crippen LogP contribution in [0.3, 0.4) is 0 Å². The first-order valence-electron chi connectivity index (χ1n) is 6.14. The van der Waals surface area contributed by atoms with Gasteiger partial charge < -0.3 is 5.32 Å². The van der Waals surface area contributed by atoms with Crippen molar-refractivity contribution in [2.45, 2.75) is 32.7 Å². The van der Waals surface area contributed by atoms with Crippen LogP contribution in [0.15, 0.2) is 18.2 Å². The van der Waals surface area contributed by atoms with Crippen LogP contribution in [0, 0.1) is 12.7 Å². The highest BCUT2D eigenvalue weighted by Crippen LogP contribution is 2.14. The summed E-state index contributed by atoms with van der Waals surface area (Å²) >= 11 is 1.85. The Hall–Kier alpha value is -0.540. The van der Waals surface area contributed by atoms with Crippen molar-refractivity contribution in [1.29, 1.82) is 0 Å². The molecule has 0 aliphatic rings. The van der Waals surface area contributed by atoms with Gasteiger partial charge in [-0.1, -0.05) is 13.0 Å². The minimum atomic E-state index is -0.144. The van der Waals surface area contributed by atoms with Gasteiger partial charge in [0.05, 0.1) is 0 Å². The maximum atomic E-state index is 13.0. The van der Waals surface area contributed by atoms with Gasteiger partial charge in [-0.25, -0.2) is 4.39 Å². The van der Waals surface area contributed by atoms with Crippen LogP contribution in [-0.4, -0.2) is 24.6 Å². The Morgan fingerprint density at radius 1 is 1.41 bits per heavy atom. The van der Waals surface area contributed by atoms with Crippen LogP contribution in [0.4, 0.5) is 4.39 Å². The molecule has 17 heavy (non-hydrogen) atoms.